The van der Waals surface area contributed by atoms with Gasteiger partial charge in [0.1, 0.15) is 0 Å². The average molecular weight is 418 g/mol. The highest BCUT2D eigenvalue weighted by molar-refractivity contribution is 5.96. The van der Waals surface area contributed by atoms with Crippen LogP contribution in [0.25, 0.3) is 0 Å². The topological polar surface area (TPSA) is 94.2 Å². The van der Waals surface area contributed by atoms with Gasteiger partial charge in [0.2, 0.25) is 5.91 Å². The van der Waals surface area contributed by atoms with Gasteiger partial charge in [0.15, 0.2) is 0 Å². The largest absolute Gasteiger partial charge is 0.378 e. The number of morpholine rings is 1. The zero-order valence-electron chi connectivity index (χ0n) is 17.8. The summed E-state index contributed by atoms with van der Waals surface area (Å²) in [6.45, 7) is 9.67. The van der Waals surface area contributed by atoms with Gasteiger partial charge in [0, 0.05) is 57.1 Å². The molecule has 30 heavy (non-hydrogen) atoms. The van der Waals surface area contributed by atoms with Crippen LogP contribution in [0.1, 0.15) is 22.8 Å². The van der Waals surface area contributed by atoms with E-state index >= 15 is 0 Å². The van der Waals surface area contributed by atoms with Crippen molar-refractivity contribution in [3.05, 3.63) is 29.3 Å². The smallest absolute Gasteiger partial charge is 0.321 e. The summed E-state index contributed by atoms with van der Waals surface area (Å²) in [6, 6.07) is 5.08. The number of hydrogen-bond acceptors (Lipinski definition) is 5. The van der Waals surface area contributed by atoms with Gasteiger partial charge in [-0.05, 0) is 37.6 Å². The van der Waals surface area contributed by atoms with E-state index in [0.29, 0.717) is 76.8 Å². The zero-order valence-corrected chi connectivity index (χ0v) is 17.8. The lowest BCUT2D eigenvalue weighted by Crippen LogP contribution is -2.53. The Morgan fingerprint density at radius 3 is 2.33 bits per heavy atom. The summed E-state index contributed by atoms with van der Waals surface area (Å²) in [5, 5.41) is 5.70. The molecule has 0 radical (unpaired) electrons. The molecule has 0 aromatic heterocycles. The molecule has 4 amide bonds. The first kappa shape index (κ1) is 22.0. The van der Waals surface area contributed by atoms with Crippen molar-refractivity contribution < 1.29 is 19.1 Å². The Hall–Kier alpha value is -2.65. The second kappa shape index (κ2) is 10.4. The standard InChI is InChI=1S/C21H31N5O4/c1-3-22-20(28)17-4-5-18(16(2)14-17)23-21(29)26-8-6-24(7-9-26)15-19(27)25-10-12-30-13-11-25/h4-5,14H,3,6-13,15H2,1-2H3,(H,22,28)(H,23,29). The van der Waals surface area contributed by atoms with Gasteiger partial charge in [-0.15, -0.1) is 0 Å². The third-order valence-electron chi connectivity index (χ3n) is 5.45. The molecule has 0 unspecified atom stereocenters. The average Bonchev–Trinajstić information content (AvgIpc) is 2.76. The Balaban J connectivity index is 1.47. The summed E-state index contributed by atoms with van der Waals surface area (Å²) >= 11 is 0. The Labute approximate surface area is 177 Å². The monoisotopic (exact) mass is 417 g/mol. The van der Waals surface area contributed by atoms with Crippen LogP contribution in [-0.2, 0) is 9.53 Å². The van der Waals surface area contributed by atoms with E-state index in [9.17, 15) is 14.4 Å². The summed E-state index contributed by atoms with van der Waals surface area (Å²) in [6.07, 6.45) is 0. The van der Waals surface area contributed by atoms with Crippen LogP contribution in [0.4, 0.5) is 10.5 Å². The van der Waals surface area contributed by atoms with Gasteiger partial charge in [0.25, 0.3) is 5.91 Å². The molecular formula is C21H31N5O4. The number of rotatable bonds is 5. The Morgan fingerprint density at radius 1 is 1.00 bits per heavy atom. The lowest BCUT2D eigenvalue weighted by Gasteiger charge is -2.36. The van der Waals surface area contributed by atoms with E-state index in [1.807, 2.05) is 18.7 Å². The maximum Gasteiger partial charge on any atom is 0.321 e. The van der Waals surface area contributed by atoms with Crippen molar-refractivity contribution in [2.24, 2.45) is 0 Å². The Bertz CT molecular complexity index is 771. The van der Waals surface area contributed by atoms with Gasteiger partial charge in [-0.2, -0.15) is 0 Å². The van der Waals surface area contributed by atoms with Gasteiger partial charge < -0.3 is 25.2 Å². The van der Waals surface area contributed by atoms with E-state index in [4.69, 9.17) is 4.74 Å². The highest BCUT2D eigenvalue weighted by atomic mass is 16.5. The van der Waals surface area contributed by atoms with Crippen LogP contribution in [0, 0.1) is 6.92 Å². The molecule has 164 valence electrons. The number of carbonyl (C=O) groups is 3. The number of ether oxygens (including phenoxy) is 1. The van der Waals surface area contributed by atoms with Gasteiger partial charge in [-0.25, -0.2) is 4.79 Å². The maximum atomic E-state index is 12.6. The van der Waals surface area contributed by atoms with Gasteiger partial charge in [-0.1, -0.05) is 0 Å². The number of piperazine rings is 1. The first-order valence-corrected chi connectivity index (χ1v) is 10.5. The van der Waals surface area contributed by atoms with Crippen LogP contribution < -0.4 is 10.6 Å². The number of benzene rings is 1. The number of amides is 4. The number of anilines is 1. The fourth-order valence-electron chi connectivity index (χ4n) is 3.62. The number of aryl methyl sites for hydroxylation is 1. The first-order chi connectivity index (χ1) is 14.5. The van der Waals surface area contributed by atoms with Crippen molar-refractivity contribution in [3.63, 3.8) is 0 Å². The van der Waals surface area contributed by atoms with Gasteiger partial charge >= 0.3 is 6.03 Å². The molecule has 0 spiro atoms. The predicted molar refractivity (Wildman–Crippen MR) is 114 cm³/mol. The molecule has 1 aromatic rings. The minimum atomic E-state index is -0.164. The third kappa shape index (κ3) is 5.70. The van der Waals surface area contributed by atoms with E-state index in [2.05, 4.69) is 15.5 Å². The molecule has 0 bridgehead atoms. The highest BCUT2D eigenvalue weighted by Crippen LogP contribution is 2.18. The molecule has 2 fully saturated rings. The minimum Gasteiger partial charge on any atom is -0.378 e. The molecule has 3 rings (SSSR count). The predicted octanol–water partition coefficient (Wildman–Crippen LogP) is 0.753. The number of nitrogens with one attached hydrogen (secondary N) is 2. The van der Waals surface area contributed by atoms with Gasteiger partial charge in [0.05, 0.1) is 19.8 Å². The van der Waals surface area contributed by atoms with Crippen LogP contribution >= 0.6 is 0 Å². The third-order valence-corrected chi connectivity index (χ3v) is 5.45. The second-order valence-electron chi connectivity index (χ2n) is 7.58. The van der Waals surface area contributed by atoms with Crippen LogP contribution in [0.2, 0.25) is 0 Å². The SMILES string of the molecule is CCNC(=O)c1ccc(NC(=O)N2CCN(CC(=O)N3CCOCC3)CC2)c(C)c1. The molecule has 0 atom stereocenters. The van der Waals surface area contributed by atoms with Crippen LogP contribution in [0.3, 0.4) is 0 Å². The van der Waals surface area contributed by atoms with E-state index in [0.717, 1.165) is 5.56 Å². The van der Waals surface area contributed by atoms with Crippen LogP contribution in [-0.4, -0.2) is 98.1 Å². The normalized spacial score (nSPS) is 17.5. The number of carbonyl (C=O) groups excluding carboxylic acids is 3. The van der Waals surface area contributed by atoms with E-state index in [1.54, 1.807) is 23.1 Å². The fourth-order valence-corrected chi connectivity index (χ4v) is 3.62. The van der Waals surface area contributed by atoms with Gasteiger partial charge in [-0.3, -0.25) is 14.5 Å². The molecule has 2 aliphatic rings. The van der Waals surface area contributed by atoms with Crippen LogP contribution in [0.15, 0.2) is 18.2 Å². The van der Waals surface area contributed by atoms with Crippen molar-refractivity contribution in [1.82, 2.24) is 20.0 Å². The maximum absolute atomic E-state index is 12.6. The quantitative estimate of drug-likeness (QED) is 0.738. The first-order valence-electron chi connectivity index (χ1n) is 10.5. The molecule has 9 nitrogen and oxygen atoms in total. The Morgan fingerprint density at radius 2 is 1.70 bits per heavy atom. The lowest BCUT2D eigenvalue weighted by atomic mass is 10.1. The second-order valence-corrected chi connectivity index (χ2v) is 7.58. The van der Waals surface area contributed by atoms with E-state index in [-0.39, 0.29) is 17.8 Å². The minimum absolute atomic E-state index is 0.124. The molecule has 0 saturated carbocycles. The molecule has 2 N–H and O–H groups in total. The molecule has 9 heteroatoms. The van der Waals surface area contributed by atoms with E-state index in [1.165, 1.54) is 0 Å². The summed E-state index contributed by atoms with van der Waals surface area (Å²) < 4.78 is 5.29. The summed E-state index contributed by atoms with van der Waals surface area (Å²) in [7, 11) is 0. The fraction of sp³-hybridized carbons (Fsp3) is 0.571. The molecular weight excluding hydrogens is 386 g/mol. The molecule has 2 heterocycles. The number of nitrogens with zero attached hydrogens (tertiary/aromatic N) is 3. The van der Waals surface area contributed by atoms with Crippen molar-refractivity contribution in [1.29, 1.82) is 0 Å². The molecule has 2 saturated heterocycles. The van der Waals surface area contributed by atoms with Crippen molar-refractivity contribution in [2.45, 2.75) is 13.8 Å². The number of urea groups is 1. The summed E-state index contributed by atoms with van der Waals surface area (Å²) in [5.41, 5.74) is 2.10. The van der Waals surface area contributed by atoms with E-state index < -0.39 is 0 Å². The number of hydrogen-bond donors (Lipinski definition) is 2. The van der Waals surface area contributed by atoms with Crippen molar-refractivity contribution in [3.8, 4) is 0 Å². The summed E-state index contributed by atoms with van der Waals surface area (Å²) in [4.78, 5) is 42.7. The van der Waals surface area contributed by atoms with Crippen LogP contribution in [0.5, 0.6) is 0 Å². The summed E-state index contributed by atoms with van der Waals surface area (Å²) in [5.74, 6) is 0.000232. The van der Waals surface area contributed by atoms with Crippen molar-refractivity contribution >= 4 is 23.5 Å². The van der Waals surface area contributed by atoms with Crippen molar-refractivity contribution in [2.75, 3.05) is 70.9 Å². The zero-order chi connectivity index (χ0) is 21.5. The molecule has 1 aromatic carbocycles. The molecule has 0 aliphatic carbocycles. The lowest BCUT2D eigenvalue weighted by molar-refractivity contribution is -0.136. The highest BCUT2D eigenvalue weighted by Gasteiger charge is 2.25. The molecule has 2 aliphatic heterocycles. The Kier molecular flexibility index (Phi) is 7.64.